The van der Waals surface area contributed by atoms with Crippen LogP contribution in [0.5, 0.6) is 0 Å². The van der Waals surface area contributed by atoms with Crippen LogP contribution >= 0.6 is 15.9 Å². The Morgan fingerprint density at radius 1 is 1.44 bits per heavy atom. The minimum absolute atomic E-state index is 0.190. The van der Waals surface area contributed by atoms with Gasteiger partial charge in [0.05, 0.1) is 5.56 Å². The Kier molecular flexibility index (Phi) is 3.96. The number of carbonyl (C=O) groups excluding carboxylic acids is 2. The lowest BCUT2D eigenvalue weighted by atomic mass is 10.2. The van der Waals surface area contributed by atoms with Crippen LogP contribution in [0.1, 0.15) is 23.2 Å². The first-order chi connectivity index (χ1) is 8.56. The van der Waals surface area contributed by atoms with Gasteiger partial charge in [-0.25, -0.2) is 9.18 Å². The van der Waals surface area contributed by atoms with Gasteiger partial charge in [0.25, 0.3) is 5.91 Å². The zero-order valence-electron chi connectivity index (χ0n) is 9.41. The monoisotopic (exact) mass is 315 g/mol. The molecular formula is C12H11BrFNO3. The number of benzene rings is 1. The molecule has 1 saturated carbocycles. The lowest BCUT2D eigenvalue weighted by Gasteiger charge is -2.06. The quantitative estimate of drug-likeness (QED) is 0.865. The number of hydrogen-bond donors (Lipinski definition) is 1. The van der Waals surface area contributed by atoms with Crippen LogP contribution in [0.15, 0.2) is 22.7 Å². The van der Waals surface area contributed by atoms with Crippen molar-refractivity contribution in [3.05, 3.63) is 34.1 Å². The molecule has 18 heavy (non-hydrogen) atoms. The number of amides is 1. The standard InChI is InChI=1S/C12H11BrFNO3/c13-10-5-7(14)1-4-9(10)12(17)18-6-11(16)15-8-2-3-8/h1,4-5,8H,2-3,6H2,(H,15,16). The van der Waals surface area contributed by atoms with Crippen molar-refractivity contribution in [2.45, 2.75) is 18.9 Å². The molecule has 0 unspecified atom stereocenters. The van der Waals surface area contributed by atoms with Gasteiger partial charge in [0.2, 0.25) is 0 Å². The number of hydrogen-bond acceptors (Lipinski definition) is 3. The summed E-state index contributed by atoms with van der Waals surface area (Å²) >= 11 is 3.06. The molecule has 1 amide bonds. The predicted molar refractivity (Wildman–Crippen MR) is 65.5 cm³/mol. The molecule has 4 nitrogen and oxygen atoms in total. The summed E-state index contributed by atoms with van der Waals surface area (Å²) in [6.07, 6.45) is 1.95. The molecule has 1 fully saturated rings. The third kappa shape index (κ3) is 3.53. The van der Waals surface area contributed by atoms with Crippen LogP contribution in [0, 0.1) is 5.82 Å². The van der Waals surface area contributed by atoms with Gasteiger partial charge in [-0.2, -0.15) is 0 Å². The van der Waals surface area contributed by atoms with Crippen LogP contribution in [0.3, 0.4) is 0 Å². The first-order valence-electron chi connectivity index (χ1n) is 5.48. The van der Waals surface area contributed by atoms with Crippen LogP contribution in [0.2, 0.25) is 0 Å². The van der Waals surface area contributed by atoms with E-state index in [4.69, 9.17) is 4.74 Å². The maximum atomic E-state index is 12.8. The molecule has 0 aliphatic heterocycles. The first-order valence-corrected chi connectivity index (χ1v) is 6.27. The highest BCUT2D eigenvalue weighted by Crippen LogP contribution is 2.19. The van der Waals surface area contributed by atoms with E-state index in [-0.39, 0.29) is 24.1 Å². The molecule has 0 radical (unpaired) electrons. The smallest absolute Gasteiger partial charge is 0.339 e. The summed E-state index contributed by atoms with van der Waals surface area (Å²) in [5, 5.41) is 2.70. The van der Waals surface area contributed by atoms with E-state index in [2.05, 4.69) is 21.2 Å². The molecule has 1 aromatic rings. The highest BCUT2D eigenvalue weighted by molar-refractivity contribution is 9.10. The summed E-state index contributed by atoms with van der Waals surface area (Å²) in [6, 6.07) is 3.86. The minimum atomic E-state index is -0.659. The molecule has 6 heteroatoms. The molecule has 0 atom stereocenters. The third-order valence-corrected chi connectivity index (χ3v) is 3.08. The molecule has 0 saturated heterocycles. The number of nitrogens with one attached hydrogen (secondary N) is 1. The summed E-state index contributed by atoms with van der Waals surface area (Å²) in [6.45, 7) is -0.320. The van der Waals surface area contributed by atoms with Gasteiger partial charge in [-0.05, 0) is 47.0 Å². The van der Waals surface area contributed by atoms with Crippen molar-refractivity contribution in [1.29, 1.82) is 0 Å². The minimum Gasteiger partial charge on any atom is -0.452 e. The average molecular weight is 316 g/mol. The van der Waals surface area contributed by atoms with Crippen molar-refractivity contribution in [3.8, 4) is 0 Å². The Bertz CT molecular complexity index is 488. The second-order valence-electron chi connectivity index (χ2n) is 4.04. The van der Waals surface area contributed by atoms with Crippen molar-refractivity contribution in [1.82, 2.24) is 5.32 Å². The Morgan fingerprint density at radius 3 is 2.78 bits per heavy atom. The highest BCUT2D eigenvalue weighted by Gasteiger charge is 2.23. The first kappa shape index (κ1) is 13.0. The molecule has 0 aromatic heterocycles. The molecule has 1 aliphatic rings. The zero-order valence-corrected chi connectivity index (χ0v) is 11.0. The van der Waals surface area contributed by atoms with Gasteiger partial charge >= 0.3 is 5.97 Å². The van der Waals surface area contributed by atoms with Crippen LogP contribution < -0.4 is 5.32 Å². The maximum Gasteiger partial charge on any atom is 0.339 e. The molecule has 2 rings (SSSR count). The van der Waals surface area contributed by atoms with E-state index < -0.39 is 11.8 Å². The number of carbonyl (C=O) groups is 2. The Labute approximate surface area is 112 Å². The summed E-state index contributed by atoms with van der Waals surface area (Å²) in [5.74, 6) is -1.43. The van der Waals surface area contributed by atoms with Crippen molar-refractivity contribution in [2.75, 3.05) is 6.61 Å². The van der Waals surface area contributed by atoms with Gasteiger partial charge in [-0.1, -0.05) is 0 Å². The SMILES string of the molecule is O=C(COC(=O)c1ccc(F)cc1Br)NC1CC1. The van der Waals surface area contributed by atoms with Gasteiger partial charge in [0.15, 0.2) is 6.61 Å². The molecule has 1 aliphatic carbocycles. The molecular weight excluding hydrogens is 305 g/mol. The molecule has 0 heterocycles. The van der Waals surface area contributed by atoms with Crippen molar-refractivity contribution in [2.24, 2.45) is 0 Å². The van der Waals surface area contributed by atoms with E-state index in [1.165, 1.54) is 12.1 Å². The third-order valence-electron chi connectivity index (χ3n) is 2.43. The summed E-state index contributed by atoms with van der Waals surface area (Å²) < 4.78 is 18.0. The number of ether oxygens (including phenoxy) is 1. The Balaban J connectivity index is 1.88. The number of esters is 1. The average Bonchev–Trinajstić information content (AvgIpc) is 3.10. The second-order valence-corrected chi connectivity index (χ2v) is 4.90. The number of halogens is 2. The van der Waals surface area contributed by atoms with E-state index in [9.17, 15) is 14.0 Å². The molecule has 1 N–H and O–H groups in total. The second kappa shape index (κ2) is 5.48. The lowest BCUT2D eigenvalue weighted by molar-refractivity contribution is -0.124. The van der Waals surface area contributed by atoms with Crippen molar-refractivity contribution >= 4 is 27.8 Å². The van der Waals surface area contributed by atoms with E-state index in [1.54, 1.807) is 0 Å². The van der Waals surface area contributed by atoms with Gasteiger partial charge in [0.1, 0.15) is 5.82 Å². The maximum absolute atomic E-state index is 12.8. The fraction of sp³-hybridized carbons (Fsp3) is 0.333. The highest BCUT2D eigenvalue weighted by atomic mass is 79.9. The van der Waals surface area contributed by atoms with Gasteiger partial charge in [0, 0.05) is 10.5 Å². The molecule has 0 bridgehead atoms. The normalized spacial score (nSPS) is 14.1. The van der Waals surface area contributed by atoms with Gasteiger partial charge in [-0.3, -0.25) is 4.79 Å². The molecule has 0 spiro atoms. The van der Waals surface area contributed by atoms with Crippen LogP contribution in [0.25, 0.3) is 0 Å². The largest absolute Gasteiger partial charge is 0.452 e. The van der Waals surface area contributed by atoms with Crippen LogP contribution in [-0.4, -0.2) is 24.5 Å². The van der Waals surface area contributed by atoms with Gasteiger partial charge in [-0.15, -0.1) is 0 Å². The molecule has 96 valence electrons. The predicted octanol–water partition coefficient (Wildman–Crippen LogP) is 2.02. The lowest BCUT2D eigenvalue weighted by Crippen LogP contribution is -2.30. The van der Waals surface area contributed by atoms with Crippen LogP contribution in [0.4, 0.5) is 4.39 Å². The summed E-state index contributed by atoms with van der Waals surface area (Å²) in [5.41, 5.74) is 0.190. The summed E-state index contributed by atoms with van der Waals surface area (Å²) in [7, 11) is 0. The fourth-order valence-electron chi connectivity index (χ4n) is 1.36. The molecule has 1 aromatic carbocycles. The topological polar surface area (TPSA) is 55.4 Å². The summed E-state index contributed by atoms with van der Waals surface area (Å²) in [4.78, 5) is 22.9. The Hall–Kier alpha value is -1.43. The van der Waals surface area contributed by atoms with Gasteiger partial charge < -0.3 is 10.1 Å². The zero-order chi connectivity index (χ0) is 13.1. The van der Waals surface area contributed by atoms with Crippen molar-refractivity contribution in [3.63, 3.8) is 0 Å². The van der Waals surface area contributed by atoms with Crippen molar-refractivity contribution < 1.29 is 18.7 Å². The fourth-order valence-corrected chi connectivity index (χ4v) is 1.87. The van der Waals surface area contributed by atoms with E-state index in [1.807, 2.05) is 0 Å². The van der Waals surface area contributed by atoms with E-state index >= 15 is 0 Å². The van der Waals surface area contributed by atoms with E-state index in [0.29, 0.717) is 4.47 Å². The van der Waals surface area contributed by atoms with E-state index in [0.717, 1.165) is 18.9 Å². The Morgan fingerprint density at radius 2 is 2.17 bits per heavy atom. The van der Waals surface area contributed by atoms with Crippen LogP contribution in [-0.2, 0) is 9.53 Å². The number of rotatable bonds is 4.